The molecule has 3 aromatic rings. The first-order chi connectivity index (χ1) is 14.4. The zero-order valence-electron chi connectivity index (χ0n) is 15.8. The molecule has 1 N–H and O–H groups in total. The van der Waals surface area contributed by atoms with Crippen molar-refractivity contribution < 1.29 is 28.2 Å². The monoisotopic (exact) mass is 432 g/mol. The molecule has 0 aliphatic heterocycles. The highest BCUT2D eigenvalue weighted by Crippen LogP contribution is 2.33. The molecule has 0 saturated heterocycles. The molecular weight excluding hydrogens is 415 g/mol. The van der Waals surface area contributed by atoms with Crippen molar-refractivity contribution in [3.8, 4) is 17.1 Å². The second-order valence-electron chi connectivity index (χ2n) is 7.08. The minimum atomic E-state index is -0.792. The number of hydrogen-bond donors (Lipinski definition) is 1. The van der Waals surface area contributed by atoms with Crippen molar-refractivity contribution in [2.24, 2.45) is 5.92 Å². The van der Waals surface area contributed by atoms with Crippen LogP contribution in [0.1, 0.15) is 12.8 Å². The van der Waals surface area contributed by atoms with E-state index in [2.05, 4.69) is 0 Å². The van der Waals surface area contributed by atoms with Crippen molar-refractivity contribution in [2.45, 2.75) is 18.9 Å². The normalized spacial score (nSPS) is 18.2. The molecule has 2 aromatic carbocycles. The highest BCUT2D eigenvalue weighted by Gasteiger charge is 2.34. The van der Waals surface area contributed by atoms with Gasteiger partial charge in [-0.25, -0.2) is 4.39 Å². The lowest BCUT2D eigenvalue weighted by atomic mass is 9.82. The first-order valence-electron chi connectivity index (χ1n) is 9.42. The number of para-hydroxylation sites is 1. The number of carbonyl (C=O) groups is 1. The lowest BCUT2D eigenvalue weighted by molar-refractivity contribution is -0.151. The van der Waals surface area contributed by atoms with Gasteiger partial charge in [0.2, 0.25) is 0 Å². The van der Waals surface area contributed by atoms with Crippen LogP contribution >= 0.6 is 11.6 Å². The van der Waals surface area contributed by atoms with Gasteiger partial charge in [0.25, 0.3) is 0 Å². The number of rotatable bonds is 7. The van der Waals surface area contributed by atoms with Crippen LogP contribution in [-0.2, 0) is 9.53 Å². The van der Waals surface area contributed by atoms with Crippen LogP contribution in [0.3, 0.4) is 0 Å². The van der Waals surface area contributed by atoms with Gasteiger partial charge in [-0.2, -0.15) is 0 Å². The van der Waals surface area contributed by atoms with Crippen molar-refractivity contribution in [1.82, 2.24) is 0 Å². The smallest absolute Gasteiger partial charge is 0.306 e. The molecule has 0 atom stereocenters. The van der Waals surface area contributed by atoms with Gasteiger partial charge in [-0.15, -0.1) is 0 Å². The molecule has 1 heterocycles. The lowest BCUT2D eigenvalue weighted by Gasteiger charge is -2.32. The average molecular weight is 433 g/mol. The Labute approximate surface area is 175 Å². The third-order valence-electron chi connectivity index (χ3n) is 5.04. The van der Waals surface area contributed by atoms with Crippen LogP contribution in [0.5, 0.6) is 5.75 Å². The Morgan fingerprint density at radius 3 is 2.73 bits per heavy atom. The number of hydrogen-bond acceptors (Lipinski definition) is 5. The van der Waals surface area contributed by atoms with Gasteiger partial charge < -0.3 is 19.0 Å². The summed E-state index contributed by atoms with van der Waals surface area (Å²) in [6.07, 6.45) is 0.955. The predicted octanol–water partition coefficient (Wildman–Crippen LogP) is 4.51. The number of halogens is 2. The van der Waals surface area contributed by atoms with Crippen LogP contribution in [0, 0.1) is 11.7 Å². The molecule has 1 aliphatic rings. The molecule has 0 unspecified atom stereocenters. The molecule has 1 fully saturated rings. The van der Waals surface area contributed by atoms with Crippen LogP contribution in [0.4, 0.5) is 4.39 Å². The number of carboxylic acid groups (broad SMARTS) is 1. The maximum absolute atomic E-state index is 13.6. The van der Waals surface area contributed by atoms with Gasteiger partial charge in [0.1, 0.15) is 23.9 Å². The highest BCUT2D eigenvalue weighted by molar-refractivity contribution is 6.34. The topological polar surface area (TPSA) is 86.0 Å². The van der Waals surface area contributed by atoms with Gasteiger partial charge in [0, 0.05) is 6.07 Å². The van der Waals surface area contributed by atoms with E-state index in [1.807, 2.05) is 0 Å². The largest absolute Gasteiger partial charge is 0.490 e. The van der Waals surface area contributed by atoms with Crippen molar-refractivity contribution in [3.05, 3.63) is 63.5 Å². The molecule has 156 valence electrons. The highest BCUT2D eigenvalue weighted by atomic mass is 35.5. The molecular formula is C22H18ClFO6. The maximum atomic E-state index is 13.6. The van der Waals surface area contributed by atoms with Gasteiger partial charge in [-0.3, -0.25) is 9.59 Å². The Morgan fingerprint density at radius 2 is 1.97 bits per heavy atom. The summed E-state index contributed by atoms with van der Waals surface area (Å²) in [5.41, 5.74) is 0.243. The molecule has 1 aliphatic carbocycles. The minimum Gasteiger partial charge on any atom is -0.490 e. The minimum absolute atomic E-state index is 0.0101. The summed E-state index contributed by atoms with van der Waals surface area (Å²) in [6.45, 7) is 0.549. The first kappa shape index (κ1) is 20.4. The summed E-state index contributed by atoms with van der Waals surface area (Å²) < 4.78 is 30.8. The molecule has 8 heteroatoms. The standard InChI is InChI=1S/C22H18ClFO6/c23-17-10-13(24)9-16-18(25)11-20(30-21(16)17)15-3-1-2-4-19(15)29-6-5-28-14-7-12(8-14)22(26)27/h1-4,9-12,14H,5-8H2,(H,26,27)/t12-,14+. The Balaban J connectivity index is 1.48. The fourth-order valence-electron chi connectivity index (χ4n) is 3.38. The fourth-order valence-corrected chi connectivity index (χ4v) is 3.63. The Kier molecular flexibility index (Phi) is 5.74. The molecule has 1 saturated carbocycles. The van der Waals surface area contributed by atoms with Gasteiger partial charge >= 0.3 is 5.97 Å². The van der Waals surface area contributed by atoms with Crippen molar-refractivity contribution in [1.29, 1.82) is 0 Å². The molecule has 0 spiro atoms. The van der Waals surface area contributed by atoms with Crippen LogP contribution in [-0.4, -0.2) is 30.4 Å². The van der Waals surface area contributed by atoms with Gasteiger partial charge in [0.15, 0.2) is 11.0 Å². The van der Waals surface area contributed by atoms with Crippen LogP contribution in [0.25, 0.3) is 22.3 Å². The van der Waals surface area contributed by atoms with Crippen LogP contribution in [0.15, 0.2) is 51.7 Å². The predicted molar refractivity (Wildman–Crippen MR) is 108 cm³/mol. The molecule has 6 nitrogen and oxygen atoms in total. The number of fused-ring (bicyclic) bond motifs is 1. The number of aliphatic carboxylic acids is 1. The van der Waals surface area contributed by atoms with E-state index in [0.717, 1.165) is 12.1 Å². The van der Waals surface area contributed by atoms with E-state index in [9.17, 15) is 14.0 Å². The molecule has 0 radical (unpaired) electrons. The number of ether oxygens (including phenoxy) is 2. The lowest BCUT2D eigenvalue weighted by Crippen LogP contribution is -2.37. The van der Waals surface area contributed by atoms with E-state index < -0.39 is 17.2 Å². The second-order valence-corrected chi connectivity index (χ2v) is 7.49. The van der Waals surface area contributed by atoms with E-state index in [1.54, 1.807) is 24.3 Å². The van der Waals surface area contributed by atoms with E-state index >= 15 is 0 Å². The molecule has 30 heavy (non-hydrogen) atoms. The van der Waals surface area contributed by atoms with Crippen molar-refractivity contribution >= 4 is 28.5 Å². The van der Waals surface area contributed by atoms with Crippen molar-refractivity contribution in [3.63, 3.8) is 0 Å². The summed E-state index contributed by atoms with van der Waals surface area (Å²) in [5, 5.41) is 8.96. The number of carboxylic acids is 1. The molecule has 0 bridgehead atoms. The third-order valence-corrected chi connectivity index (χ3v) is 5.32. The molecule has 0 amide bonds. The van der Waals surface area contributed by atoms with Gasteiger partial charge in [-0.05, 0) is 37.1 Å². The summed E-state index contributed by atoms with van der Waals surface area (Å²) in [5.74, 6) is -0.996. The Bertz CT molecular complexity index is 1150. The fraction of sp³-hybridized carbons (Fsp3) is 0.273. The second kappa shape index (κ2) is 8.45. The van der Waals surface area contributed by atoms with E-state index in [1.165, 1.54) is 6.07 Å². The zero-order chi connectivity index (χ0) is 21.3. The van der Waals surface area contributed by atoms with E-state index in [-0.39, 0.29) is 40.4 Å². The quantitative estimate of drug-likeness (QED) is 0.553. The van der Waals surface area contributed by atoms with Crippen LogP contribution < -0.4 is 10.2 Å². The zero-order valence-corrected chi connectivity index (χ0v) is 16.5. The van der Waals surface area contributed by atoms with Crippen molar-refractivity contribution in [2.75, 3.05) is 13.2 Å². The van der Waals surface area contributed by atoms with Gasteiger partial charge in [-0.1, -0.05) is 23.7 Å². The van der Waals surface area contributed by atoms with Crippen LogP contribution in [0.2, 0.25) is 5.02 Å². The van der Waals surface area contributed by atoms with E-state index in [4.69, 9.17) is 30.6 Å². The summed E-state index contributed by atoms with van der Waals surface area (Å²) in [4.78, 5) is 23.3. The Hall–Kier alpha value is -2.90. The maximum Gasteiger partial charge on any atom is 0.306 e. The summed E-state index contributed by atoms with van der Waals surface area (Å²) >= 11 is 6.06. The number of benzene rings is 2. The Morgan fingerprint density at radius 1 is 1.20 bits per heavy atom. The summed E-state index contributed by atoms with van der Waals surface area (Å²) in [6, 6.07) is 10.5. The SMILES string of the molecule is O=c1cc(-c2ccccc2OCCO[C@H]2C[C@@H](C(=O)O)C2)oc2c(Cl)cc(F)cc12. The average Bonchev–Trinajstić information content (AvgIpc) is 2.67. The third kappa shape index (κ3) is 4.17. The summed E-state index contributed by atoms with van der Waals surface area (Å²) in [7, 11) is 0. The molecule has 4 rings (SSSR count). The van der Waals surface area contributed by atoms with E-state index in [0.29, 0.717) is 30.8 Å². The molecule has 1 aromatic heterocycles. The van der Waals surface area contributed by atoms with Gasteiger partial charge in [0.05, 0.1) is 34.6 Å². The first-order valence-corrected chi connectivity index (χ1v) is 9.79.